The third-order valence-electron chi connectivity index (χ3n) is 5.19. The molecule has 0 spiro atoms. The van der Waals surface area contributed by atoms with Crippen molar-refractivity contribution in [2.75, 3.05) is 18.5 Å². The molecule has 0 saturated heterocycles. The Bertz CT molecular complexity index is 1250. The summed E-state index contributed by atoms with van der Waals surface area (Å²) in [4.78, 5) is 40.9. The lowest BCUT2D eigenvalue weighted by atomic mass is 10.1. The third-order valence-corrected chi connectivity index (χ3v) is 6.59. The largest absolute Gasteiger partial charge is 0.456 e. The summed E-state index contributed by atoms with van der Waals surface area (Å²) >= 11 is 0. The number of benzene rings is 2. The number of rotatable bonds is 9. The number of aliphatic imine (C=N–C) groups is 1. The zero-order chi connectivity index (χ0) is 24.1. The van der Waals surface area contributed by atoms with Crippen LogP contribution in [0, 0.1) is 0 Å². The molecule has 0 atom stereocenters. The molecule has 1 fully saturated rings. The minimum atomic E-state index is -3.61. The minimum Gasteiger partial charge on any atom is -0.456 e. The first kappa shape index (κ1) is 23.4. The molecule has 0 bridgehead atoms. The first-order chi connectivity index (χ1) is 16.3. The summed E-state index contributed by atoms with van der Waals surface area (Å²) in [7, 11) is -3.61. The second-order valence-corrected chi connectivity index (χ2v) is 9.59. The van der Waals surface area contributed by atoms with Crippen molar-refractivity contribution in [3.05, 3.63) is 59.7 Å². The number of fused-ring (bicyclic) bond motifs is 1. The number of amidine groups is 1. The molecule has 2 amide bonds. The van der Waals surface area contributed by atoms with Crippen molar-refractivity contribution in [1.82, 2.24) is 10.0 Å². The van der Waals surface area contributed by atoms with Gasteiger partial charge in [0.1, 0.15) is 5.84 Å². The Morgan fingerprint density at radius 3 is 2.59 bits per heavy atom. The SMILES string of the molecule is O=C(COC(=O)CCCN=C1NS(=O)(=O)c2ccccc21)Nc1ccccc1C(=O)NC1CC1. The van der Waals surface area contributed by atoms with Gasteiger partial charge in [-0.2, -0.15) is 0 Å². The van der Waals surface area contributed by atoms with E-state index in [-0.39, 0.29) is 35.6 Å². The molecule has 1 aliphatic heterocycles. The number of nitrogens with zero attached hydrogens (tertiary/aromatic N) is 1. The highest BCUT2D eigenvalue weighted by atomic mass is 32.2. The number of esters is 1. The first-order valence-electron chi connectivity index (χ1n) is 10.9. The normalized spacial score (nSPS) is 16.9. The molecule has 4 rings (SSSR count). The third kappa shape index (κ3) is 5.79. The highest BCUT2D eigenvalue weighted by Gasteiger charge is 2.30. The van der Waals surface area contributed by atoms with Crippen LogP contribution in [0.4, 0.5) is 5.69 Å². The maximum absolute atomic E-state index is 12.3. The topological polar surface area (TPSA) is 143 Å². The number of anilines is 1. The van der Waals surface area contributed by atoms with Crippen molar-refractivity contribution in [1.29, 1.82) is 0 Å². The van der Waals surface area contributed by atoms with E-state index in [1.54, 1.807) is 42.5 Å². The Morgan fingerprint density at radius 1 is 1.06 bits per heavy atom. The van der Waals surface area contributed by atoms with Crippen molar-refractivity contribution >= 4 is 39.3 Å². The monoisotopic (exact) mass is 484 g/mol. The van der Waals surface area contributed by atoms with E-state index in [1.807, 2.05) is 0 Å². The van der Waals surface area contributed by atoms with Crippen LogP contribution in [0.1, 0.15) is 41.6 Å². The average Bonchev–Trinajstić information content (AvgIpc) is 3.59. The van der Waals surface area contributed by atoms with Gasteiger partial charge in [-0.3, -0.25) is 24.1 Å². The van der Waals surface area contributed by atoms with E-state index in [1.165, 1.54) is 6.07 Å². The van der Waals surface area contributed by atoms with Gasteiger partial charge in [-0.25, -0.2) is 8.42 Å². The summed E-state index contributed by atoms with van der Waals surface area (Å²) < 4.78 is 31.5. The van der Waals surface area contributed by atoms with Crippen molar-refractivity contribution < 1.29 is 27.5 Å². The van der Waals surface area contributed by atoms with Crippen LogP contribution in [0.15, 0.2) is 58.4 Å². The maximum atomic E-state index is 12.3. The van der Waals surface area contributed by atoms with Gasteiger partial charge in [0, 0.05) is 24.6 Å². The summed E-state index contributed by atoms with van der Waals surface area (Å²) in [6.45, 7) is -0.282. The molecule has 1 saturated carbocycles. The maximum Gasteiger partial charge on any atom is 0.306 e. The Labute approximate surface area is 196 Å². The van der Waals surface area contributed by atoms with Crippen LogP contribution in [0.3, 0.4) is 0 Å². The number of amides is 2. The lowest BCUT2D eigenvalue weighted by Crippen LogP contribution is -2.28. The van der Waals surface area contributed by atoms with Gasteiger partial charge in [0.05, 0.1) is 16.1 Å². The zero-order valence-electron chi connectivity index (χ0n) is 18.2. The highest BCUT2D eigenvalue weighted by molar-refractivity contribution is 7.90. The molecule has 0 unspecified atom stereocenters. The predicted octanol–water partition coefficient (Wildman–Crippen LogP) is 1.58. The Morgan fingerprint density at radius 2 is 1.79 bits per heavy atom. The molecule has 178 valence electrons. The number of ether oxygens (including phenoxy) is 1. The van der Waals surface area contributed by atoms with Gasteiger partial charge >= 0.3 is 5.97 Å². The minimum absolute atomic E-state index is 0.0127. The Hall–Kier alpha value is -3.73. The molecule has 0 radical (unpaired) electrons. The van der Waals surface area contributed by atoms with Crippen LogP contribution < -0.4 is 15.4 Å². The number of nitrogens with one attached hydrogen (secondary N) is 3. The fraction of sp³-hybridized carbons (Fsp3) is 0.304. The molecule has 11 heteroatoms. The van der Waals surface area contributed by atoms with Gasteiger partial charge in [-0.1, -0.05) is 24.3 Å². The van der Waals surface area contributed by atoms with Crippen molar-refractivity contribution in [2.24, 2.45) is 4.99 Å². The Kier molecular flexibility index (Phi) is 6.92. The fourth-order valence-corrected chi connectivity index (χ4v) is 4.60. The van der Waals surface area contributed by atoms with Crippen molar-refractivity contribution in [3.63, 3.8) is 0 Å². The van der Waals surface area contributed by atoms with E-state index in [2.05, 4.69) is 20.3 Å². The summed E-state index contributed by atoms with van der Waals surface area (Å²) in [5.74, 6) is -1.16. The molecular weight excluding hydrogens is 460 g/mol. The second-order valence-electron chi connectivity index (χ2n) is 7.94. The van der Waals surface area contributed by atoms with Crippen LogP contribution >= 0.6 is 0 Å². The quantitative estimate of drug-likeness (QED) is 0.364. The molecule has 2 aromatic rings. The van der Waals surface area contributed by atoms with Gasteiger partial charge in [0.15, 0.2) is 6.61 Å². The summed E-state index contributed by atoms with van der Waals surface area (Å²) in [5, 5.41) is 5.47. The average molecular weight is 485 g/mol. The smallest absolute Gasteiger partial charge is 0.306 e. The lowest BCUT2D eigenvalue weighted by Gasteiger charge is -2.11. The molecular formula is C23H24N4O6S. The zero-order valence-corrected chi connectivity index (χ0v) is 19.1. The molecule has 10 nitrogen and oxygen atoms in total. The van der Waals surface area contributed by atoms with Crippen LogP contribution in [-0.2, 0) is 24.3 Å². The molecule has 0 aromatic heterocycles. The number of carbonyl (C=O) groups is 3. The number of hydrogen-bond acceptors (Lipinski definition) is 7. The van der Waals surface area contributed by atoms with Gasteiger partial charge < -0.3 is 15.4 Å². The summed E-state index contributed by atoms with van der Waals surface area (Å²) in [6, 6.07) is 13.3. The Balaban J connectivity index is 1.21. The molecule has 2 aromatic carbocycles. The fourth-order valence-electron chi connectivity index (χ4n) is 3.35. The standard InChI is InChI=1S/C23H24N4O6S/c28-20(26-18-8-3-1-6-16(18)23(30)25-15-11-12-15)14-33-21(29)10-5-13-24-22-17-7-2-4-9-19(17)34(31,32)27-22/h1-4,6-9,15H,5,10-14H2,(H,24,27)(H,25,30)(H,26,28). The summed E-state index contributed by atoms with van der Waals surface area (Å²) in [5.41, 5.74) is 1.18. The van der Waals surface area contributed by atoms with Gasteiger partial charge in [-0.15, -0.1) is 0 Å². The van der Waals surface area contributed by atoms with Gasteiger partial charge in [0.25, 0.3) is 21.8 Å². The van der Waals surface area contributed by atoms with Crippen molar-refractivity contribution in [2.45, 2.75) is 36.6 Å². The van der Waals surface area contributed by atoms with E-state index < -0.39 is 28.5 Å². The predicted molar refractivity (Wildman–Crippen MR) is 124 cm³/mol. The van der Waals surface area contributed by atoms with E-state index in [0.717, 1.165) is 12.8 Å². The number of carbonyl (C=O) groups excluding carboxylic acids is 3. The van der Waals surface area contributed by atoms with Crippen LogP contribution in [0.2, 0.25) is 0 Å². The van der Waals surface area contributed by atoms with E-state index in [0.29, 0.717) is 23.2 Å². The number of para-hydroxylation sites is 1. The van der Waals surface area contributed by atoms with Gasteiger partial charge in [0.2, 0.25) is 0 Å². The lowest BCUT2D eigenvalue weighted by molar-refractivity contribution is -0.147. The molecule has 34 heavy (non-hydrogen) atoms. The molecule has 1 heterocycles. The van der Waals surface area contributed by atoms with E-state index >= 15 is 0 Å². The molecule has 1 aliphatic carbocycles. The van der Waals surface area contributed by atoms with Crippen LogP contribution in [0.25, 0.3) is 0 Å². The van der Waals surface area contributed by atoms with Crippen molar-refractivity contribution in [3.8, 4) is 0 Å². The van der Waals surface area contributed by atoms with Crippen LogP contribution in [0.5, 0.6) is 0 Å². The summed E-state index contributed by atoms with van der Waals surface area (Å²) in [6.07, 6.45) is 2.23. The van der Waals surface area contributed by atoms with Gasteiger partial charge in [-0.05, 0) is 43.5 Å². The van der Waals surface area contributed by atoms with Crippen LogP contribution in [-0.4, -0.2) is 51.2 Å². The highest BCUT2D eigenvalue weighted by Crippen LogP contribution is 2.23. The van der Waals surface area contributed by atoms with E-state index in [4.69, 9.17) is 4.74 Å². The number of hydrogen-bond donors (Lipinski definition) is 3. The first-order valence-corrected chi connectivity index (χ1v) is 12.3. The molecule has 3 N–H and O–H groups in total. The number of sulfonamides is 1. The second kappa shape index (κ2) is 10.0. The molecule has 2 aliphatic rings. The van der Waals surface area contributed by atoms with E-state index in [9.17, 15) is 22.8 Å².